The number of aryl methyl sites for hydroxylation is 4. The normalized spacial score (nSPS) is 10.4. The van der Waals surface area contributed by atoms with Crippen molar-refractivity contribution in [3.8, 4) is 0 Å². The van der Waals surface area contributed by atoms with E-state index in [0.717, 1.165) is 0 Å². The van der Waals surface area contributed by atoms with E-state index >= 15 is 0 Å². The molecule has 2 aromatic rings. The molecule has 0 aromatic heterocycles. The molecular formula is C44H80Cl2SiZr-2. The van der Waals surface area contributed by atoms with Gasteiger partial charge in [-0.3, -0.25) is 0 Å². The monoisotopic (exact) mass is 796 g/mol. The molecule has 0 aliphatic rings. The van der Waals surface area contributed by atoms with Gasteiger partial charge >= 0.3 is 41.9 Å². The van der Waals surface area contributed by atoms with E-state index in [1.807, 2.05) is 0 Å². The standard InChI is InChI=1S/2C21H37.C2H6Si.2ClH.Zr/c2*1-5-9-13-18-17-19(14-10-6-2)21(16-12-8-4)20(18)15-11-7-3;1-3-2;;;/h2*17H,5-16H2,1-4H3;1-2H3;2*1H;/q2*-1;;;;+2/p-2. The summed E-state index contributed by atoms with van der Waals surface area (Å²) in [5, 5.41) is 0. The molecule has 280 valence electrons. The molecule has 0 N–H and O–H groups in total. The molecule has 0 unspecified atom stereocenters. The first kappa shape index (κ1) is 52.7. The molecule has 0 fully saturated rings. The largest absolute Gasteiger partial charge is 1.00 e. The summed E-state index contributed by atoms with van der Waals surface area (Å²) in [5.41, 5.74) is 14.0. The van der Waals surface area contributed by atoms with Crippen LogP contribution in [0.2, 0.25) is 13.1 Å². The Labute approximate surface area is 330 Å². The number of hydrogen-bond acceptors (Lipinski definition) is 0. The van der Waals surface area contributed by atoms with E-state index in [0.29, 0.717) is 0 Å². The van der Waals surface area contributed by atoms with Gasteiger partial charge in [-0.15, -0.1) is 0 Å². The molecular weight excluding hydrogens is 719 g/mol. The summed E-state index contributed by atoms with van der Waals surface area (Å²) < 4.78 is 0. The van der Waals surface area contributed by atoms with Gasteiger partial charge in [0, 0.05) is 0 Å². The molecule has 0 aliphatic carbocycles. The molecule has 0 bridgehead atoms. The topological polar surface area (TPSA) is 0 Å². The van der Waals surface area contributed by atoms with Crippen LogP contribution in [0, 0.1) is 0 Å². The second-order valence-electron chi connectivity index (χ2n) is 14.1. The Morgan fingerprint density at radius 2 is 0.500 bits per heavy atom. The zero-order chi connectivity index (χ0) is 34.6. The van der Waals surface area contributed by atoms with Gasteiger partial charge in [0.15, 0.2) is 0 Å². The third-order valence-electron chi connectivity index (χ3n) is 9.30. The van der Waals surface area contributed by atoms with Crippen molar-refractivity contribution in [1.29, 1.82) is 0 Å². The predicted molar refractivity (Wildman–Crippen MR) is 210 cm³/mol. The molecule has 2 rings (SSSR count). The fourth-order valence-corrected chi connectivity index (χ4v) is 6.57. The van der Waals surface area contributed by atoms with Gasteiger partial charge < -0.3 is 24.8 Å². The first-order valence-electron chi connectivity index (χ1n) is 20.4. The van der Waals surface area contributed by atoms with Gasteiger partial charge in [-0.25, -0.2) is 0 Å². The minimum atomic E-state index is 0. The van der Waals surface area contributed by atoms with Crippen molar-refractivity contribution >= 4 is 5.43 Å². The van der Waals surface area contributed by atoms with E-state index < -0.39 is 0 Å². The Kier molecular flexibility index (Phi) is 39.3. The van der Waals surface area contributed by atoms with Crippen LogP contribution in [0.15, 0.2) is 12.1 Å². The van der Waals surface area contributed by atoms with Gasteiger partial charge in [0.2, 0.25) is 0 Å². The molecule has 0 heterocycles. The SMILES string of the molecule is CCCCc1[cH-]c(CCCC)c(CCCC)c1CCCC.CCCCc1[cH-]c(CCCC)c(CCCC)c1CCCC.C[Si](C)=[Zr+2].[Cl-].[Cl-]. The maximum absolute atomic E-state index is 2.58. The van der Waals surface area contributed by atoms with Crippen LogP contribution in [0.3, 0.4) is 0 Å². The molecule has 0 nitrogen and oxygen atoms in total. The summed E-state index contributed by atoms with van der Waals surface area (Å²) >= 11 is 1.74. The molecule has 0 atom stereocenters. The zero-order valence-corrected chi connectivity index (χ0v) is 38.9. The maximum atomic E-state index is 2.58. The summed E-state index contributed by atoms with van der Waals surface area (Å²) in [4.78, 5) is 0. The van der Waals surface area contributed by atoms with E-state index in [1.165, 1.54) is 154 Å². The van der Waals surface area contributed by atoms with Crippen LogP contribution in [-0.2, 0) is 74.7 Å². The van der Waals surface area contributed by atoms with Crippen molar-refractivity contribution in [3.05, 3.63) is 56.6 Å². The second kappa shape index (κ2) is 35.8. The van der Waals surface area contributed by atoms with Gasteiger partial charge in [-0.1, -0.05) is 209 Å². The predicted octanol–water partition coefficient (Wildman–Crippen LogP) is 8.34. The van der Waals surface area contributed by atoms with E-state index in [9.17, 15) is 0 Å². The van der Waals surface area contributed by atoms with Crippen LogP contribution in [0.4, 0.5) is 0 Å². The smallest absolute Gasteiger partial charge is 1.00 e. The summed E-state index contributed by atoms with van der Waals surface area (Å²) in [5.74, 6) is 0. The Morgan fingerprint density at radius 3 is 0.646 bits per heavy atom. The fourth-order valence-electron chi connectivity index (χ4n) is 6.57. The maximum Gasteiger partial charge on any atom is -1.00 e. The summed E-state index contributed by atoms with van der Waals surface area (Å²) in [6.45, 7) is 23.1. The van der Waals surface area contributed by atoms with Gasteiger partial charge in [-0.2, -0.15) is 56.6 Å². The summed E-state index contributed by atoms with van der Waals surface area (Å²) in [7, 11) is 0. The van der Waals surface area contributed by atoms with E-state index in [4.69, 9.17) is 0 Å². The molecule has 0 saturated heterocycles. The summed E-state index contributed by atoms with van der Waals surface area (Å²) in [6, 6.07) is 5.17. The van der Waals surface area contributed by atoms with Crippen LogP contribution >= 0.6 is 0 Å². The molecule has 2 aromatic carbocycles. The van der Waals surface area contributed by atoms with Crippen molar-refractivity contribution in [2.24, 2.45) is 0 Å². The minimum absolute atomic E-state index is 0. The van der Waals surface area contributed by atoms with Crippen LogP contribution in [0.25, 0.3) is 0 Å². The van der Waals surface area contributed by atoms with Crippen molar-refractivity contribution in [1.82, 2.24) is 0 Å². The van der Waals surface area contributed by atoms with Gasteiger partial charge in [0.1, 0.15) is 0 Å². The van der Waals surface area contributed by atoms with Crippen molar-refractivity contribution in [3.63, 3.8) is 0 Å². The third kappa shape index (κ3) is 23.0. The van der Waals surface area contributed by atoms with E-state index in [-0.39, 0.29) is 30.2 Å². The number of unbranched alkanes of at least 4 members (excludes halogenated alkanes) is 8. The van der Waals surface area contributed by atoms with Gasteiger partial charge in [0.05, 0.1) is 0 Å². The van der Waals surface area contributed by atoms with Gasteiger partial charge in [-0.05, 0) is 0 Å². The van der Waals surface area contributed by atoms with Crippen LogP contribution in [0.1, 0.15) is 203 Å². The Morgan fingerprint density at radius 1 is 0.354 bits per heavy atom. The molecule has 0 aliphatic heterocycles. The molecule has 0 saturated carbocycles. The Balaban J connectivity index is -0.000000731. The van der Waals surface area contributed by atoms with Gasteiger partial charge in [0.25, 0.3) is 0 Å². The Hall–Kier alpha value is 0.380. The molecule has 0 spiro atoms. The molecule has 4 heteroatoms. The average Bonchev–Trinajstić information content (AvgIpc) is 3.55. The first-order chi connectivity index (χ1) is 22.3. The number of halogens is 2. The van der Waals surface area contributed by atoms with Crippen LogP contribution in [-0.4, -0.2) is 5.43 Å². The van der Waals surface area contributed by atoms with Crippen molar-refractivity contribution < 1.29 is 48.1 Å². The second-order valence-corrected chi connectivity index (χ2v) is 23.5. The number of hydrogen-bond donors (Lipinski definition) is 0. The zero-order valence-electron chi connectivity index (χ0n) is 33.9. The fraction of sp³-hybridized carbons (Fsp3) is 0.773. The molecule has 0 radical (unpaired) electrons. The van der Waals surface area contributed by atoms with Crippen molar-refractivity contribution in [2.75, 3.05) is 0 Å². The first-order valence-corrected chi connectivity index (χ1v) is 26.6. The average molecular weight is 799 g/mol. The van der Waals surface area contributed by atoms with E-state index in [1.54, 1.807) is 67.8 Å². The molecule has 0 amide bonds. The Bertz CT molecular complexity index is 855. The third-order valence-corrected chi connectivity index (χ3v) is 9.30. The van der Waals surface area contributed by atoms with Crippen LogP contribution < -0.4 is 24.8 Å². The van der Waals surface area contributed by atoms with E-state index in [2.05, 4.69) is 80.6 Å². The van der Waals surface area contributed by atoms with Crippen molar-refractivity contribution in [2.45, 2.75) is 223 Å². The summed E-state index contributed by atoms with van der Waals surface area (Å²) in [6.07, 6.45) is 31.8. The molecule has 48 heavy (non-hydrogen) atoms. The number of rotatable bonds is 24. The van der Waals surface area contributed by atoms with Crippen LogP contribution in [0.5, 0.6) is 0 Å². The quantitative estimate of drug-likeness (QED) is 0.0741. The minimum Gasteiger partial charge on any atom is -1.00 e.